The highest BCUT2D eigenvalue weighted by Gasteiger charge is 2.30. The molecule has 0 aliphatic heterocycles. The molecule has 0 aromatic carbocycles. The number of rotatable bonds is 3. The van der Waals surface area contributed by atoms with Crippen LogP contribution in [-0.4, -0.2) is 21.5 Å². The third-order valence-electron chi connectivity index (χ3n) is 0.604. The van der Waals surface area contributed by atoms with Gasteiger partial charge < -0.3 is 9.90 Å². The van der Waals surface area contributed by atoms with Crippen molar-refractivity contribution in [2.24, 2.45) is 0 Å². The molecule has 0 saturated carbocycles. The number of aliphatic carboxylic acids is 1. The van der Waals surface area contributed by atoms with Crippen molar-refractivity contribution in [1.29, 1.82) is 0 Å². The number of phosphoric acid groups is 1. The van der Waals surface area contributed by atoms with Gasteiger partial charge in [-0.3, -0.25) is 0 Å². The van der Waals surface area contributed by atoms with E-state index >= 15 is 0 Å². The molecule has 0 aliphatic carbocycles. The Balaban J connectivity index is 4.78. The molecule has 0 aliphatic rings. The second-order valence-electron chi connectivity index (χ2n) is 1.44. The minimum absolute atomic E-state index is 0.633. The number of ketones is 1. The lowest BCUT2D eigenvalue weighted by Crippen LogP contribution is -2.31. The second-order valence-corrected chi connectivity index (χ2v) is 2.60. The Hall–Kier alpha value is -0.970. The molecule has 2 N–H and O–H groups in total. The van der Waals surface area contributed by atoms with Gasteiger partial charge in [0.25, 0.3) is 0 Å². The maximum Gasteiger partial charge on any atom is 0.763 e. The molecule has 0 rings (SSSR count). The van der Waals surface area contributed by atoms with E-state index in [9.17, 15) is 14.5 Å². The molecule has 0 radical (unpaired) electrons. The van der Waals surface area contributed by atoms with Gasteiger partial charge in [0.05, 0.1) is 0 Å². The minimum Gasteiger partial charge on any atom is -0.537 e. The molecule has 0 aromatic heterocycles. The number of hydrogen-bond donors (Lipinski definition) is 2. The van der Waals surface area contributed by atoms with Gasteiger partial charge in [0, 0.05) is 6.08 Å². The van der Waals surface area contributed by atoms with Crippen LogP contribution in [0.3, 0.4) is 0 Å². The summed E-state index contributed by atoms with van der Waals surface area (Å²) in [6.07, 6.45) is 0.633. The lowest BCUT2D eigenvalue weighted by molar-refractivity contribution is -0.330. The van der Waals surface area contributed by atoms with Crippen LogP contribution < -0.4 is 5.11 Å². The van der Waals surface area contributed by atoms with Crippen LogP contribution in [0, 0.1) is 0 Å². The Morgan fingerprint density at radius 1 is 1.64 bits per heavy atom. The van der Waals surface area contributed by atoms with E-state index in [0.717, 1.165) is 0 Å². The first kappa shape index (κ1) is 10.0. The highest BCUT2D eigenvalue weighted by molar-refractivity contribution is 7.44. The van der Waals surface area contributed by atoms with Crippen LogP contribution in [0.25, 0.3) is 0 Å². The zero-order valence-electron chi connectivity index (χ0n) is 5.26. The second kappa shape index (κ2) is 3.43. The number of carboxylic acids is 1. The van der Waals surface area contributed by atoms with Crippen LogP contribution in [0.5, 0.6) is 0 Å². The lowest BCUT2D eigenvalue weighted by atomic mass is 10.4. The Bertz CT molecular complexity index is 247. The van der Waals surface area contributed by atoms with Crippen LogP contribution in [-0.2, 0) is 13.6 Å². The molecule has 11 heavy (non-hydrogen) atoms. The summed E-state index contributed by atoms with van der Waals surface area (Å²) < 4.78 is 13.7. The van der Waals surface area contributed by atoms with E-state index in [0.29, 0.717) is 6.08 Å². The summed E-state index contributed by atoms with van der Waals surface area (Å²) in [5.74, 6) is -2.82. The summed E-state index contributed by atoms with van der Waals surface area (Å²) in [6.45, 7) is 2.94. The van der Waals surface area contributed by atoms with E-state index in [1.165, 1.54) is 0 Å². The zero-order valence-corrected chi connectivity index (χ0v) is 6.15. The normalized spacial score (nSPS) is 12.7. The Labute approximate surface area is 61.7 Å². The molecule has 0 aromatic rings. The van der Waals surface area contributed by atoms with Gasteiger partial charge in [-0.05, 0) is 0 Å². The molecule has 6 nitrogen and oxygen atoms in total. The average Bonchev–Trinajstić information content (AvgIpc) is 1.80. The summed E-state index contributed by atoms with van der Waals surface area (Å²) in [4.78, 5) is 26.1. The van der Waals surface area contributed by atoms with Gasteiger partial charge in [-0.1, -0.05) is 6.58 Å². The summed E-state index contributed by atoms with van der Waals surface area (Å²) in [5, 5.41) is 9.92. The van der Waals surface area contributed by atoms with E-state index < -0.39 is 19.6 Å². The summed E-state index contributed by atoms with van der Waals surface area (Å²) in [6, 6.07) is 0. The maximum atomic E-state index is 10.0. The first-order valence-electron chi connectivity index (χ1n) is 2.32. The smallest absolute Gasteiger partial charge is 0.537 e. The van der Waals surface area contributed by atoms with E-state index in [4.69, 9.17) is 9.79 Å². The van der Waals surface area contributed by atoms with Crippen molar-refractivity contribution in [3.63, 3.8) is 0 Å². The third-order valence-corrected chi connectivity index (χ3v) is 1.04. The summed E-state index contributed by atoms with van der Waals surface area (Å²) >= 11 is 0. The van der Waals surface area contributed by atoms with Gasteiger partial charge in [0.1, 0.15) is 0 Å². The predicted molar refractivity (Wildman–Crippen MR) is 32.3 cm³/mol. The van der Waals surface area contributed by atoms with Crippen molar-refractivity contribution >= 4 is 19.6 Å². The van der Waals surface area contributed by atoms with Crippen LogP contribution in [0.15, 0.2) is 12.7 Å². The van der Waals surface area contributed by atoms with E-state index in [-0.39, 0.29) is 0 Å². The van der Waals surface area contributed by atoms with E-state index in [2.05, 4.69) is 10.8 Å². The SMILES string of the molecule is C=CC(=[O+]P(=O)(O)O)C(=O)[O-]. The topological polar surface area (TPSA) is 109 Å². The first-order chi connectivity index (χ1) is 4.87. The molecule has 0 saturated heterocycles. The summed E-state index contributed by atoms with van der Waals surface area (Å²) in [5.41, 5.74) is 0. The molecule has 7 heteroatoms. The fourth-order valence-corrected chi connectivity index (χ4v) is 0.691. The van der Waals surface area contributed by atoms with Gasteiger partial charge in [0.2, 0.25) is 0 Å². The van der Waals surface area contributed by atoms with Crippen molar-refractivity contribution in [2.45, 2.75) is 0 Å². The molecular formula is C4H5O6P. The fourth-order valence-electron chi connectivity index (χ4n) is 0.286. The van der Waals surface area contributed by atoms with Gasteiger partial charge >= 0.3 is 13.6 Å². The summed E-state index contributed by atoms with van der Waals surface area (Å²) in [7, 11) is -4.82. The molecule has 0 fully saturated rings. The molecule has 0 amide bonds. The van der Waals surface area contributed by atoms with Crippen molar-refractivity contribution in [1.82, 2.24) is 0 Å². The van der Waals surface area contributed by atoms with Crippen molar-refractivity contribution in [3.05, 3.63) is 12.7 Å². The molecule has 0 atom stereocenters. The molecule has 0 bridgehead atoms. The highest BCUT2D eigenvalue weighted by Crippen LogP contribution is 2.31. The van der Waals surface area contributed by atoms with Crippen LogP contribution in [0.1, 0.15) is 0 Å². The largest absolute Gasteiger partial charge is 0.763 e. The Morgan fingerprint density at radius 3 is 2.18 bits per heavy atom. The minimum atomic E-state index is -4.82. The Kier molecular flexibility index (Phi) is 3.13. The van der Waals surface area contributed by atoms with Gasteiger partial charge in [-0.2, -0.15) is 8.78 Å². The van der Waals surface area contributed by atoms with Crippen LogP contribution in [0.4, 0.5) is 0 Å². The lowest BCUT2D eigenvalue weighted by Gasteiger charge is -1.88. The highest BCUT2D eigenvalue weighted by atomic mass is 31.2. The number of carboxylic acid groups (broad SMARTS) is 1. The third kappa shape index (κ3) is 4.44. The molecule has 62 valence electrons. The fraction of sp³-hybridized carbons (Fsp3) is 0. The van der Waals surface area contributed by atoms with Crippen molar-refractivity contribution < 1.29 is 28.5 Å². The van der Waals surface area contributed by atoms with Gasteiger partial charge in [0.15, 0.2) is 5.97 Å². The standard InChI is InChI=1S/C4H5O6P/c1-2-3(4(5)6)10-11(7,8)9/h2H,1H2,(H2-,5,6,7,8,9). The van der Waals surface area contributed by atoms with Crippen molar-refractivity contribution in [3.8, 4) is 0 Å². The maximum absolute atomic E-state index is 10.0. The van der Waals surface area contributed by atoms with Gasteiger partial charge in [-0.15, -0.1) is 0 Å². The van der Waals surface area contributed by atoms with Crippen molar-refractivity contribution in [2.75, 3.05) is 0 Å². The van der Waals surface area contributed by atoms with Gasteiger partial charge in [-0.25, -0.2) is 9.79 Å². The number of carbonyl (C=O) groups is 1. The van der Waals surface area contributed by atoms with E-state index in [1.54, 1.807) is 0 Å². The molecule has 0 spiro atoms. The quantitative estimate of drug-likeness (QED) is 0.228. The monoisotopic (exact) mass is 180 g/mol. The molecule has 0 unspecified atom stereocenters. The predicted octanol–water partition coefficient (Wildman–Crippen LogP) is -1.88. The molecule has 0 heterocycles. The van der Waals surface area contributed by atoms with E-state index in [1.807, 2.05) is 0 Å². The average molecular weight is 180 g/mol. The van der Waals surface area contributed by atoms with Crippen LogP contribution in [0.2, 0.25) is 0 Å². The molecular weight excluding hydrogens is 175 g/mol. The number of hydrogen-bond acceptors (Lipinski definition) is 3. The first-order valence-corrected chi connectivity index (χ1v) is 3.85. The van der Waals surface area contributed by atoms with Crippen LogP contribution >= 0.6 is 7.82 Å². The Morgan fingerprint density at radius 2 is 2.09 bits per heavy atom. The zero-order chi connectivity index (χ0) is 9.07. The number of carbonyl (C=O) groups excluding carboxylic acids is 2.